The molecular formula is C18H32O3. The Balaban J connectivity index is 1.74. The van der Waals surface area contributed by atoms with Gasteiger partial charge in [0.15, 0.2) is 12.1 Å². The minimum absolute atomic E-state index is 0.0667. The Morgan fingerprint density at radius 2 is 1.71 bits per heavy atom. The summed E-state index contributed by atoms with van der Waals surface area (Å²) in [7, 11) is 0. The predicted octanol–water partition coefficient (Wildman–Crippen LogP) is 4.80. The van der Waals surface area contributed by atoms with Crippen LogP contribution in [0.25, 0.3) is 0 Å². The SMILES string of the molecule is C=CC(=O)CCCCCCCCCCOC1CCCCO1. The second-order valence-corrected chi connectivity index (χ2v) is 5.92. The maximum absolute atomic E-state index is 11.0. The largest absolute Gasteiger partial charge is 0.353 e. The number of ketones is 1. The average Bonchev–Trinajstić information content (AvgIpc) is 2.53. The summed E-state index contributed by atoms with van der Waals surface area (Å²) < 4.78 is 11.2. The molecule has 0 aromatic carbocycles. The molecule has 0 aliphatic carbocycles. The van der Waals surface area contributed by atoms with Gasteiger partial charge < -0.3 is 9.47 Å². The van der Waals surface area contributed by atoms with E-state index in [4.69, 9.17) is 9.47 Å². The van der Waals surface area contributed by atoms with Crippen molar-refractivity contribution in [3.05, 3.63) is 12.7 Å². The fourth-order valence-electron chi connectivity index (χ4n) is 2.62. The molecule has 1 aliphatic rings. The third-order valence-electron chi connectivity index (χ3n) is 3.99. The van der Waals surface area contributed by atoms with Crippen LogP contribution in [0.4, 0.5) is 0 Å². The number of hydrogen-bond acceptors (Lipinski definition) is 3. The highest BCUT2D eigenvalue weighted by Crippen LogP contribution is 2.15. The predicted molar refractivity (Wildman–Crippen MR) is 86.3 cm³/mol. The fraction of sp³-hybridized carbons (Fsp3) is 0.833. The molecule has 1 saturated heterocycles. The molecule has 3 heteroatoms. The molecule has 1 rings (SSSR count). The lowest BCUT2D eigenvalue weighted by Gasteiger charge is -2.22. The van der Waals surface area contributed by atoms with E-state index in [1.807, 2.05) is 0 Å². The van der Waals surface area contributed by atoms with E-state index in [0.717, 1.165) is 32.5 Å². The Kier molecular flexibility index (Phi) is 11.4. The molecule has 1 fully saturated rings. The van der Waals surface area contributed by atoms with Crippen LogP contribution in [-0.2, 0) is 14.3 Å². The van der Waals surface area contributed by atoms with Crippen LogP contribution in [-0.4, -0.2) is 25.3 Å². The van der Waals surface area contributed by atoms with E-state index >= 15 is 0 Å². The third kappa shape index (κ3) is 10.7. The number of hydrogen-bond donors (Lipinski definition) is 0. The number of ether oxygens (including phenoxy) is 2. The standard InChI is InChI=1S/C18H32O3/c1-2-17(19)13-9-7-5-3-4-6-8-11-15-20-18-14-10-12-16-21-18/h2,18H,1,3-16H2. The van der Waals surface area contributed by atoms with Gasteiger partial charge in [-0.15, -0.1) is 0 Å². The molecule has 0 aromatic rings. The Labute approximate surface area is 130 Å². The van der Waals surface area contributed by atoms with Gasteiger partial charge in [-0.1, -0.05) is 45.1 Å². The minimum atomic E-state index is 0.0667. The first-order valence-electron chi connectivity index (χ1n) is 8.71. The summed E-state index contributed by atoms with van der Waals surface area (Å²) >= 11 is 0. The molecule has 1 atom stereocenters. The highest BCUT2D eigenvalue weighted by atomic mass is 16.7. The topological polar surface area (TPSA) is 35.5 Å². The number of unbranched alkanes of at least 4 members (excludes halogenated alkanes) is 7. The lowest BCUT2D eigenvalue weighted by Crippen LogP contribution is -2.22. The Hall–Kier alpha value is -0.670. The van der Waals surface area contributed by atoms with E-state index in [9.17, 15) is 4.79 Å². The van der Waals surface area contributed by atoms with E-state index < -0.39 is 0 Å². The first-order chi connectivity index (χ1) is 10.3. The number of rotatable bonds is 13. The normalized spacial score (nSPS) is 18.6. The molecule has 0 aromatic heterocycles. The molecule has 122 valence electrons. The van der Waals surface area contributed by atoms with Crippen LogP contribution >= 0.6 is 0 Å². The van der Waals surface area contributed by atoms with Crippen molar-refractivity contribution in [3.63, 3.8) is 0 Å². The van der Waals surface area contributed by atoms with Crippen LogP contribution < -0.4 is 0 Å². The molecular weight excluding hydrogens is 264 g/mol. The highest BCUT2D eigenvalue weighted by Gasteiger charge is 2.13. The maximum atomic E-state index is 11.0. The monoisotopic (exact) mass is 296 g/mol. The van der Waals surface area contributed by atoms with Gasteiger partial charge in [0.2, 0.25) is 0 Å². The molecule has 0 radical (unpaired) electrons. The summed E-state index contributed by atoms with van der Waals surface area (Å²) in [5, 5.41) is 0. The van der Waals surface area contributed by atoms with Gasteiger partial charge >= 0.3 is 0 Å². The zero-order valence-electron chi connectivity index (χ0n) is 13.5. The van der Waals surface area contributed by atoms with Gasteiger partial charge in [0.1, 0.15) is 0 Å². The minimum Gasteiger partial charge on any atom is -0.353 e. The Morgan fingerprint density at radius 1 is 1.05 bits per heavy atom. The first-order valence-corrected chi connectivity index (χ1v) is 8.71. The van der Waals surface area contributed by atoms with Gasteiger partial charge in [-0.2, -0.15) is 0 Å². The van der Waals surface area contributed by atoms with Gasteiger partial charge in [0, 0.05) is 19.6 Å². The van der Waals surface area contributed by atoms with Crippen LogP contribution in [0.3, 0.4) is 0 Å². The van der Waals surface area contributed by atoms with Crippen LogP contribution in [0.2, 0.25) is 0 Å². The number of carbonyl (C=O) groups is 1. The van der Waals surface area contributed by atoms with Crippen LogP contribution in [0.15, 0.2) is 12.7 Å². The van der Waals surface area contributed by atoms with Gasteiger partial charge in [-0.25, -0.2) is 0 Å². The van der Waals surface area contributed by atoms with E-state index in [2.05, 4.69) is 6.58 Å². The number of allylic oxidation sites excluding steroid dienone is 1. The molecule has 1 unspecified atom stereocenters. The summed E-state index contributed by atoms with van der Waals surface area (Å²) in [4.78, 5) is 11.0. The summed E-state index contributed by atoms with van der Waals surface area (Å²) in [6.07, 6.45) is 15.4. The zero-order chi connectivity index (χ0) is 15.2. The second-order valence-electron chi connectivity index (χ2n) is 5.92. The van der Waals surface area contributed by atoms with Crippen molar-refractivity contribution in [1.29, 1.82) is 0 Å². The van der Waals surface area contributed by atoms with E-state index in [1.54, 1.807) is 0 Å². The number of carbonyl (C=O) groups excluding carboxylic acids is 1. The van der Waals surface area contributed by atoms with Crippen molar-refractivity contribution in [2.24, 2.45) is 0 Å². The van der Waals surface area contributed by atoms with Crippen LogP contribution in [0, 0.1) is 0 Å². The van der Waals surface area contributed by atoms with Crippen molar-refractivity contribution in [3.8, 4) is 0 Å². The van der Waals surface area contributed by atoms with E-state index in [-0.39, 0.29) is 12.1 Å². The van der Waals surface area contributed by atoms with E-state index in [1.165, 1.54) is 57.4 Å². The molecule has 0 saturated carbocycles. The summed E-state index contributed by atoms with van der Waals surface area (Å²) in [6.45, 7) is 5.19. The van der Waals surface area contributed by atoms with Crippen molar-refractivity contribution in [1.82, 2.24) is 0 Å². The molecule has 1 aliphatic heterocycles. The van der Waals surface area contributed by atoms with Gasteiger partial charge in [0.25, 0.3) is 0 Å². The maximum Gasteiger partial charge on any atom is 0.157 e. The van der Waals surface area contributed by atoms with Crippen molar-refractivity contribution < 1.29 is 14.3 Å². The van der Waals surface area contributed by atoms with Gasteiger partial charge in [-0.05, 0) is 38.2 Å². The van der Waals surface area contributed by atoms with E-state index in [0.29, 0.717) is 6.42 Å². The molecule has 0 N–H and O–H groups in total. The Morgan fingerprint density at radius 3 is 2.33 bits per heavy atom. The zero-order valence-corrected chi connectivity index (χ0v) is 13.5. The first kappa shape index (κ1) is 18.4. The van der Waals surface area contributed by atoms with Crippen molar-refractivity contribution in [2.75, 3.05) is 13.2 Å². The van der Waals surface area contributed by atoms with Crippen LogP contribution in [0.5, 0.6) is 0 Å². The smallest absolute Gasteiger partial charge is 0.157 e. The summed E-state index contributed by atoms with van der Waals surface area (Å²) in [5.74, 6) is 0.178. The Bertz CT molecular complexity index is 270. The summed E-state index contributed by atoms with van der Waals surface area (Å²) in [5.41, 5.74) is 0. The molecule has 0 spiro atoms. The molecule has 1 heterocycles. The molecule has 21 heavy (non-hydrogen) atoms. The molecule has 0 bridgehead atoms. The van der Waals surface area contributed by atoms with Gasteiger partial charge in [-0.3, -0.25) is 4.79 Å². The molecule has 3 nitrogen and oxygen atoms in total. The highest BCUT2D eigenvalue weighted by molar-refractivity contribution is 5.88. The van der Waals surface area contributed by atoms with Crippen LogP contribution in [0.1, 0.15) is 77.0 Å². The lowest BCUT2D eigenvalue weighted by molar-refractivity contribution is -0.162. The van der Waals surface area contributed by atoms with Gasteiger partial charge in [0.05, 0.1) is 0 Å². The third-order valence-corrected chi connectivity index (χ3v) is 3.99. The summed E-state index contributed by atoms with van der Waals surface area (Å²) in [6, 6.07) is 0. The average molecular weight is 296 g/mol. The van der Waals surface area contributed by atoms with Crippen molar-refractivity contribution in [2.45, 2.75) is 83.3 Å². The quantitative estimate of drug-likeness (QED) is 0.362. The molecule has 0 amide bonds. The van der Waals surface area contributed by atoms with Crippen molar-refractivity contribution >= 4 is 5.78 Å². The second kappa shape index (κ2) is 13.0. The lowest BCUT2D eigenvalue weighted by atomic mass is 10.1. The fourth-order valence-corrected chi connectivity index (χ4v) is 2.62.